The van der Waals surface area contributed by atoms with Gasteiger partial charge in [-0.25, -0.2) is 4.98 Å². The van der Waals surface area contributed by atoms with Crippen LogP contribution in [-0.2, 0) is 0 Å². The highest BCUT2D eigenvalue weighted by Crippen LogP contribution is 2.26. The second-order valence-electron chi connectivity index (χ2n) is 5.27. The molecule has 0 spiro atoms. The molecule has 2 heterocycles. The molecule has 0 amide bonds. The molecular formula is C18H13N3OS3. The molecule has 4 rings (SSSR count). The highest BCUT2D eigenvalue weighted by Gasteiger charge is 2.17. The molecule has 0 atom stereocenters. The van der Waals surface area contributed by atoms with E-state index in [1.165, 1.54) is 23.1 Å². The number of hydrogen-bond acceptors (Lipinski definition) is 5. The molecule has 0 bridgehead atoms. The number of hydrogen-bond donors (Lipinski definition) is 0. The van der Waals surface area contributed by atoms with Gasteiger partial charge in [-0.05, 0) is 42.7 Å². The van der Waals surface area contributed by atoms with Gasteiger partial charge in [-0.2, -0.15) is 0 Å². The minimum absolute atomic E-state index is 0.0914. The van der Waals surface area contributed by atoms with Crippen molar-refractivity contribution in [2.75, 3.05) is 6.26 Å². The van der Waals surface area contributed by atoms with Crippen LogP contribution in [0.15, 0.2) is 70.6 Å². The summed E-state index contributed by atoms with van der Waals surface area (Å²) in [4.78, 5) is 17.9. The van der Waals surface area contributed by atoms with E-state index >= 15 is 0 Å². The number of thiazole rings is 1. The Morgan fingerprint density at radius 3 is 2.08 bits per heavy atom. The maximum Gasteiger partial charge on any atom is 0.278 e. The normalized spacial score (nSPS) is 11.1. The van der Waals surface area contributed by atoms with E-state index in [0.29, 0.717) is 19.5 Å². The molecule has 7 heteroatoms. The molecule has 0 aliphatic heterocycles. The quantitative estimate of drug-likeness (QED) is 0.292. The Kier molecular flexibility index (Phi) is 4.29. The predicted octanol–water partition coefficient (Wildman–Crippen LogP) is 4.69. The molecule has 0 aliphatic carbocycles. The second kappa shape index (κ2) is 6.59. The summed E-state index contributed by atoms with van der Waals surface area (Å²) in [5.41, 5.74) is 2.24. The number of rotatable bonds is 3. The number of para-hydroxylation sites is 2. The van der Waals surface area contributed by atoms with E-state index in [0.717, 1.165) is 11.4 Å². The van der Waals surface area contributed by atoms with Crippen LogP contribution in [0.5, 0.6) is 0 Å². The molecule has 0 saturated heterocycles. The summed E-state index contributed by atoms with van der Waals surface area (Å²) in [5.74, 6) is 0. The highest BCUT2D eigenvalue weighted by molar-refractivity contribution is 7.98. The fourth-order valence-electron chi connectivity index (χ4n) is 2.68. The Hall–Kier alpha value is -2.22. The number of thioether (sulfide) groups is 1. The van der Waals surface area contributed by atoms with Gasteiger partial charge in [-0.3, -0.25) is 13.9 Å². The highest BCUT2D eigenvalue weighted by atomic mass is 32.2. The third kappa shape index (κ3) is 2.74. The maximum atomic E-state index is 13.2. The van der Waals surface area contributed by atoms with Crippen molar-refractivity contribution in [2.24, 2.45) is 0 Å². The molecule has 0 N–H and O–H groups in total. The molecule has 4 aromatic rings. The summed E-state index contributed by atoms with van der Waals surface area (Å²) >= 11 is 8.26. The van der Waals surface area contributed by atoms with E-state index in [2.05, 4.69) is 0 Å². The minimum Gasteiger partial charge on any atom is -0.275 e. The van der Waals surface area contributed by atoms with Crippen LogP contribution in [0.4, 0.5) is 0 Å². The molecule has 0 unspecified atom stereocenters. The van der Waals surface area contributed by atoms with Crippen molar-refractivity contribution in [3.63, 3.8) is 0 Å². The first-order chi connectivity index (χ1) is 12.2. The fraction of sp³-hybridized carbons (Fsp3) is 0.0556. The Balaban J connectivity index is 2.09. The van der Waals surface area contributed by atoms with E-state index in [-0.39, 0.29) is 5.56 Å². The van der Waals surface area contributed by atoms with Gasteiger partial charge in [0.15, 0.2) is 14.8 Å². The molecule has 2 aromatic carbocycles. The predicted molar refractivity (Wildman–Crippen MR) is 107 cm³/mol. The maximum absolute atomic E-state index is 13.2. The van der Waals surface area contributed by atoms with Crippen molar-refractivity contribution in [1.29, 1.82) is 0 Å². The van der Waals surface area contributed by atoms with Crippen molar-refractivity contribution in [1.82, 2.24) is 14.1 Å². The lowest BCUT2D eigenvalue weighted by molar-refractivity contribution is 0.814. The summed E-state index contributed by atoms with van der Waals surface area (Å²) < 4.78 is 4.69. The van der Waals surface area contributed by atoms with Crippen LogP contribution >= 0.6 is 35.3 Å². The Bertz CT molecular complexity index is 1160. The summed E-state index contributed by atoms with van der Waals surface area (Å²) in [6.07, 6.45) is 1.92. The zero-order chi connectivity index (χ0) is 17.4. The van der Waals surface area contributed by atoms with E-state index in [1.807, 2.05) is 71.5 Å². The van der Waals surface area contributed by atoms with E-state index < -0.39 is 0 Å². The van der Waals surface area contributed by atoms with Crippen molar-refractivity contribution >= 4 is 45.7 Å². The molecular weight excluding hydrogens is 370 g/mol. The molecule has 2 aromatic heterocycles. The summed E-state index contributed by atoms with van der Waals surface area (Å²) in [5, 5.41) is 0.640. The van der Waals surface area contributed by atoms with Gasteiger partial charge in [0.25, 0.3) is 5.56 Å². The van der Waals surface area contributed by atoms with Gasteiger partial charge in [0, 0.05) is 5.69 Å². The SMILES string of the molecule is CSc1nc2c(sc(=S)n2-c2ccccc2)c(=O)n1-c1ccccc1. The Morgan fingerprint density at radius 2 is 1.52 bits per heavy atom. The van der Waals surface area contributed by atoms with Crippen LogP contribution in [0, 0.1) is 3.95 Å². The van der Waals surface area contributed by atoms with Crippen LogP contribution in [0.25, 0.3) is 21.7 Å². The lowest BCUT2D eigenvalue weighted by Gasteiger charge is -2.11. The number of benzene rings is 2. The average Bonchev–Trinajstić information content (AvgIpc) is 2.99. The molecule has 0 aliphatic rings. The van der Waals surface area contributed by atoms with Crippen molar-refractivity contribution < 1.29 is 0 Å². The lowest BCUT2D eigenvalue weighted by Crippen LogP contribution is -2.21. The zero-order valence-electron chi connectivity index (χ0n) is 13.2. The monoisotopic (exact) mass is 383 g/mol. The van der Waals surface area contributed by atoms with Gasteiger partial charge in [0.2, 0.25) is 0 Å². The van der Waals surface area contributed by atoms with Crippen LogP contribution in [0.3, 0.4) is 0 Å². The van der Waals surface area contributed by atoms with Gasteiger partial charge < -0.3 is 0 Å². The van der Waals surface area contributed by atoms with E-state index in [4.69, 9.17) is 17.2 Å². The van der Waals surface area contributed by atoms with E-state index in [9.17, 15) is 4.79 Å². The fourth-order valence-corrected chi connectivity index (χ4v) is 4.54. The summed E-state index contributed by atoms with van der Waals surface area (Å²) in [6.45, 7) is 0. The van der Waals surface area contributed by atoms with Gasteiger partial charge in [-0.1, -0.05) is 59.5 Å². The minimum atomic E-state index is -0.0914. The third-order valence-electron chi connectivity index (χ3n) is 3.79. The Labute approximate surface area is 157 Å². The molecule has 0 fully saturated rings. The molecule has 124 valence electrons. The molecule has 0 radical (unpaired) electrons. The van der Waals surface area contributed by atoms with Gasteiger partial charge in [-0.15, -0.1) is 0 Å². The van der Waals surface area contributed by atoms with E-state index in [1.54, 1.807) is 4.57 Å². The number of aromatic nitrogens is 3. The van der Waals surface area contributed by atoms with Crippen molar-refractivity contribution in [2.45, 2.75) is 5.16 Å². The first-order valence-electron chi connectivity index (χ1n) is 7.54. The smallest absolute Gasteiger partial charge is 0.275 e. The van der Waals surface area contributed by atoms with Crippen molar-refractivity contribution in [3.8, 4) is 11.4 Å². The van der Waals surface area contributed by atoms with Crippen LogP contribution in [0.1, 0.15) is 0 Å². The topological polar surface area (TPSA) is 39.8 Å². The van der Waals surface area contributed by atoms with Gasteiger partial charge in [0.1, 0.15) is 4.70 Å². The lowest BCUT2D eigenvalue weighted by atomic mass is 10.3. The second-order valence-corrected chi connectivity index (χ2v) is 7.68. The largest absolute Gasteiger partial charge is 0.278 e. The average molecular weight is 384 g/mol. The number of fused-ring (bicyclic) bond motifs is 1. The molecule has 25 heavy (non-hydrogen) atoms. The van der Waals surface area contributed by atoms with Crippen LogP contribution in [0.2, 0.25) is 0 Å². The zero-order valence-corrected chi connectivity index (χ0v) is 15.7. The standard InChI is InChI=1S/C18H13N3OS3/c1-24-17-19-15-14(16(22)21(17)13-10-6-3-7-11-13)25-18(23)20(15)12-8-4-2-5-9-12/h2-11H,1H3. The Morgan fingerprint density at radius 1 is 0.960 bits per heavy atom. The van der Waals surface area contributed by atoms with Crippen LogP contribution in [-0.4, -0.2) is 20.4 Å². The van der Waals surface area contributed by atoms with Crippen molar-refractivity contribution in [3.05, 3.63) is 75.0 Å². The van der Waals surface area contributed by atoms with Gasteiger partial charge in [0.05, 0.1) is 5.69 Å². The first-order valence-corrected chi connectivity index (χ1v) is 9.99. The summed E-state index contributed by atoms with van der Waals surface area (Å²) in [7, 11) is 0. The summed E-state index contributed by atoms with van der Waals surface area (Å²) in [6, 6.07) is 19.3. The number of nitrogens with zero attached hydrogens (tertiary/aromatic N) is 3. The van der Waals surface area contributed by atoms with Gasteiger partial charge >= 0.3 is 0 Å². The molecule has 4 nitrogen and oxygen atoms in total. The first kappa shape index (κ1) is 16.3. The van der Waals surface area contributed by atoms with Crippen LogP contribution < -0.4 is 5.56 Å². The third-order valence-corrected chi connectivity index (χ3v) is 5.78. The molecule has 0 saturated carbocycles.